The van der Waals surface area contributed by atoms with Crippen molar-refractivity contribution in [1.82, 2.24) is 10.6 Å². The molecule has 0 saturated heterocycles. The summed E-state index contributed by atoms with van der Waals surface area (Å²) in [4.78, 5) is 23.7. The van der Waals surface area contributed by atoms with Gasteiger partial charge in [0.15, 0.2) is 5.11 Å². The number of carboxylic acids is 1. The molecule has 0 aliphatic heterocycles. The number of nitrogens with one attached hydrogen (secondary N) is 3. The Morgan fingerprint density at radius 2 is 1.87 bits per heavy atom. The molecule has 0 bridgehead atoms. The molecule has 0 radical (unpaired) electrons. The molecule has 0 fully saturated rings. The van der Waals surface area contributed by atoms with Crippen LogP contribution >= 0.6 is 12.2 Å². The second-order valence-corrected chi connectivity index (χ2v) is 8.38. The summed E-state index contributed by atoms with van der Waals surface area (Å²) in [6, 6.07) is 5.04. The Hall–Kier alpha value is -2.45. The number of hydrogen-bond donors (Lipinski definition) is 4. The van der Waals surface area contributed by atoms with E-state index in [1.54, 1.807) is 6.08 Å². The molecule has 7 nitrogen and oxygen atoms in total. The van der Waals surface area contributed by atoms with Gasteiger partial charge in [-0.2, -0.15) is 0 Å². The fraction of sp³-hybridized carbons (Fsp3) is 0.522. The van der Waals surface area contributed by atoms with Crippen molar-refractivity contribution in [3.05, 3.63) is 41.0 Å². The molecule has 1 aliphatic carbocycles. The third-order valence-electron chi connectivity index (χ3n) is 5.58. The first-order valence-corrected chi connectivity index (χ1v) is 11.1. The Kier molecular flexibility index (Phi) is 9.00. The van der Waals surface area contributed by atoms with Gasteiger partial charge in [-0.1, -0.05) is 19.9 Å². The fourth-order valence-corrected chi connectivity index (χ4v) is 3.93. The molecular formula is C23H33N3O4S. The lowest BCUT2D eigenvalue weighted by molar-refractivity contribution is -0.133. The number of carbonyl (C=O) groups is 2. The Balaban J connectivity index is 2.25. The normalized spacial score (nSPS) is 20.7. The van der Waals surface area contributed by atoms with Crippen LogP contribution < -0.4 is 16.0 Å². The number of rotatable bonds is 8. The molecule has 1 aromatic rings. The number of carboxylic acid groups (broad SMARTS) is 1. The molecule has 0 unspecified atom stereocenters. The Bertz CT molecular complexity index is 851. The number of amides is 1. The lowest BCUT2D eigenvalue weighted by Crippen LogP contribution is -2.60. The molecule has 170 valence electrons. The van der Waals surface area contributed by atoms with Crippen molar-refractivity contribution in [3.8, 4) is 0 Å². The maximum Gasteiger partial charge on any atom is 0.331 e. The van der Waals surface area contributed by atoms with E-state index >= 15 is 0 Å². The van der Waals surface area contributed by atoms with Crippen LogP contribution in [-0.2, 0) is 14.3 Å². The summed E-state index contributed by atoms with van der Waals surface area (Å²) in [7, 11) is 0. The molecule has 1 aliphatic rings. The van der Waals surface area contributed by atoms with E-state index in [-0.39, 0.29) is 24.0 Å². The van der Waals surface area contributed by atoms with Gasteiger partial charge in [-0.3, -0.25) is 4.79 Å². The molecule has 0 spiro atoms. The van der Waals surface area contributed by atoms with Crippen molar-refractivity contribution in [3.63, 3.8) is 0 Å². The number of aryl methyl sites for hydroxylation is 2. The van der Waals surface area contributed by atoms with Crippen LogP contribution in [0.1, 0.15) is 51.2 Å². The third kappa shape index (κ3) is 7.04. The van der Waals surface area contributed by atoms with E-state index in [9.17, 15) is 14.7 Å². The van der Waals surface area contributed by atoms with E-state index in [1.807, 2.05) is 45.9 Å². The van der Waals surface area contributed by atoms with Gasteiger partial charge < -0.3 is 25.8 Å². The number of aliphatic carboxylic acids is 1. The molecule has 2 rings (SSSR count). The number of ether oxygens (including phenoxy) is 1. The van der Waals surface area contributed by atoms with E-state index in [1.165, 1.54) is 12.5 Å². The number of benzene rings is 1. The fourth-order valence-electron chi connectivity index (χ4n) is 3.66. The predicted octanol–water partition coefficient (Wildman–Crippen LogP) is 3.45. The summed E-state index contributed by atoms with van der Waals surface area (Å²) >= 11 is 5.49. The van der Waals surface area contributed by atoms with Crippen LogP contribution in [-0.4, -0.2) is 46.4 Å². The molecule has 1 amide bonds. The molecule has 31 heavy (non-hydrogen) atoms. The number of hydrogen-bond acceptors (Lipinski definition) is 4. The van der Waals surface area contributed by atoms with E-state index in [4.69, 9.17) is 17.0 Å². The summed E-state index contributed by atoms with van der Waals surface area (Å²) in [5.41, 5.74) is 3.40. The van der Waals surface area contributed by atoms with Crippen LogP contribution in [0.5, 0.6) is 0 Å². The summed E-state index contributed by atoms with van der Waals surface area (Å²) < 4.78 is 6.18. The minimum absolute atomic E-state index is 0.0353. The monoisotopic (exact) mass is 447 g/mol. The average Bonchev–Trinajstić information content (AvgIpc) is 2.70. The molecule has 8 heteroatoms. The third-order valence-corrected chi connectivity index (χ3v) is 5.80. The Labute approximate surface area is 189 Å². The van der Waals surface area contributed by atoms with Gasteiger partial charge in [0.25, 0.3) is 0 Å². The first kappa shape index (κ1) is 24.8. The average molecular weight is 448 g/mol. The first-order chi connectivity index (χ1) is 14.6. The second-order valence-electron chi connectivity index (χ2n) is 7.97. The van der Waals surface area contributed by atoms with Gasteiger partial charge in [0.2, 0.25) is 5.91 Å². The van der Waals surface area contributed by atoms with Crippen molar-refractivity contribution in [2.75, 3.05) is 5.32 Å². The zero-order valence-corrected chi connectivity index (χ0v) is 19.6. The SMILES string of the molecule is CCC(CC)O[C@@H]1C=C(C(=O)O)C[C@H](NC(=S)Nc2ccc(C)c(C)c2)[C@H]1NC(C)=O. The van der Waals surface area contributed by atoms with Crippen LogP contribution in [0.3, 0.4) is 0 Å². The van der Waals surface area contributed by atoms with Crippen molar-refractivity contribution in [1.29, 1.82) is 0 Å². The highest BCUT2D eigenvalue weighted by Crippen LogP contribution is 2.25. The summed E-state index contributed by atoms with van der Waals surface area (Å²) in [6.07, 6.45) is 2.79. The van der Waals surface area contributed by atoms with Crippen LogP contribution in [0.25, 0.3) is 0 Å². The quantitative estimate of drug-likeness (QED) is 0.453. The van der Waals surface area contributed by atoms with Gasteiger partial charge in [-0.05, 0) is 68.2 Å². The maximum absolute atomic E-state index is 11.9. The second kappa shape index (κ2) is 11.2. The van der Waals surface area contributed by atoms with Crippen LogP contribution in [0, 0.1) is 13.8 Å². The number of thiocarbonyl (C=S) groups is 1. The summed E-state index contributed by atoms with van der Waals surface area (Å²) in [5, 5.41) is 19.3. The van der Waals surface area contributed by atoms with Crippen molar-refractivity contribution >= 4 is 34.9 Å². The Morgan fingerprint density at radius 1 is 1.19 bits per heavy atom. The van der Waals surface area contributed by atoms with Crippen LogP contribution in [0.2, 0.25) is 0 Å². The van der Waals surface area contributed by atoms with Gasteiger partial charge in [-0.15, -0.1) is 0 Å². The predicted molar refractivity (Wildman–Crippen MR) is 126 cm³/mol. The van der Waals surface area contributed by atoms with E-state index in [0.29, 0.717) is 5.11 Å². The molecule has 0 aromatic heterocycles. The van der Waals surface area contributed by atoms with E-state index in [0.717, 1.165) is 24.1 Å². The standard InChI is InChI=1S/C23H33N3O4S/c1-6-18(7-2)30-20-12-16(22(28)29)11-19(21(20)24-15(5)27)26-23(31)25-17-9-8-13(3)14(4)10-17/h8-10,12,18-21H,6-7,11H2,1-5H3,(H,24,27)(H,28,29)(H2,25,26,31)/t19-,20+,21+/m0/s1. The van der Waals surface area contributed by atoms with Gasteiger partial charge in [0.05, 0.1) is 24.3 Å². The molecule has 3 atom stereocenters. The van der Waals surface area contributed by atoms with E-state index < -0.39 is 24.2 Å². The smallest absolute Gasteiger partial charge is 0.331 e. The molecule has 0 heterocycles. The highest BCUT2D eigenvalue weighted by molar-refractivity contribution is 7.80. The summed E-state index contributed by atoms with van der Waals surface area (Å²) in [6.45, 7) is 9.53. The van der Waals surface area contributed by atoms with E-state index in [2.05, 4.69) is 16.0 Å². The molecule has 4 N–H and O–H groups in total. The summed E-state index contributed by atoms with van der Waals surface area (Å²) in [5.74, 6) is -1.21. The highest BCUT2D eigenvalue weighted by Gasteiger charge is 2.37. The topological polar surface area (TPSA) is 99.7 Å². The van der Waals surface area contributed by atoms with Gasteiger partial charge >= 0.3 is 5.97 Å². The maximum atomic E-state index is 11.9. The van der Waals surface area contributed by atoms with Crippen LogP contribution in [0.4, 0.5) is 5.69 Å². The van der Waals surface area contributed by atoms with Crippen molar-refractivity contribution in [2.45, 2.75) is 78.2 Å². The minimum Gasteiger partial charge on any atom is -0.478 e. The molecular weight excluding hydrogens is 414 g/mol. The lowest BCUT2D eigenvalue weighted by Gasteiger charge is -2.38. The molecule has 1 aromatic carbocycles. The zero-order valence-electron chi connectivity index (χ0n) is 18.8. The number of carbonyl (C=O) groups excluding carboxylic acids is 1. The van der Waals surface area contributed by atoms with Crippen molar-refractivity contribution in [2.24, 2.45) is 0 Å². The highest BCUT2D eigenvalue weighted by atomic mass is 32.1. The lowest BCUT2D eigenvalue weighted by atomic mass is 9.87. The largest absolute Gasteiger partial charge is 0.478 e. The van der Waals surface area contributed by atoms with Gasteiger partial charge in [0, 0.05) is 24.6 Å². The van der Waals surface area contributed by atoms with Crippen LogP contribution in [0.15, 0.2) is 29.8 Å². The van der Waals surface area contributed by atoms with Gasteiger partial charge in [-0.25, -0.2) is 4.79 Å². The minimum atomic E-state index is -1.00. The van der Waals surface area contributed by atoms with Crippen molar-refractivity contribution < 1.29 is 19.4 Å². The molecule has 0 saturated carbocycles. The Morgan fingerprint density at radius 3 is 2.42 bits per heavy atom. The first-order valence-electron chi connectivity index (χ1n) is 10.7. The van der Waals surface area contributed by atoms with Gasteiger partial charge in [0.1, 0.15) is 0 Å². The zero-order chi connectivity index (χ0) is 23.1. The number of anilines is 1.